The lowest BCUT2D eigenvalue weighted by Gasteiger charge is -2.22. The molecule has 38 heavy (non-hydrogen) atoms. The van der Waals surface area contributed by atoms with Crippen molar-refractivity contribution in [2.75, 3.05) is 19.8 Å². The van der Waals surface area contributed by atoms with E-state index in [1.54, 1.807) is 0 Å². The number of hydrogen-bond acceptors (Lipinski definition) is 6. The molecule has 0 unspecified atom stereocenters. The van der Waals surface area contributed by atoms with Gasteiger partial charge in [0.25, 0.3) is 11.9 Å². The zero-order valence-corrected chi connectivity index (χ0v) is 21.7. The summed E-state index contributed by atoms with van der Waals surface area (Å²) in [6.45, 7) is 4.30. The summed E-state index contributed by atoms with van der Waals surface area (Å²) in [5, 5.41) is 16.1. The lowest BCUT2D eigenvalue weighted by Crippen LogP contribution is -2.20. The van der Waals surface area contributed by atoms with Crippen molar-refractivity contribution >= 4 is 22.8 Å². The molecule has 9 nitrogen and oxygen atoms in total. The third kappa shape index (κ3) is 7.96. The molecule has 0 saturated carbocycles. The van der Waals surface area contributed by atoms with Crippen LogP contribution in [0.1, 0.15) is 31.0 Å². The number of rotatable bonds is 6. The van der Waals surface area contributed by atoms with Crippen molar-refractivity contribution in [1.82, 2.24) is 14.5 Å². The van der Waals surface area contributed by atoms with Crippen LogP contribution in [0.5, 0.6) is 0 Å². The second-order valence-corrected chi connectivity index (χ2v) is 8.99. The van der Waals surface area contributed by atoms with Crippen molar-refractivity contribution in [3.8, 4) is 11.4 Å². The summed E-state index contributed by atoms with van der Waals surface area (Å²) < 4.78 is 8.23. The first-order valence-electron chi connectivity index (χ1n) is 12.4. The molecule has 5 rings (SSSR count). The number of nitrogens with zero attached hydrogens (tertiary/aromatic N) is 3. The van der Waals surface area contributed by atoms with Gasteiger partial charge in [-0.2, -0.15) is 0 Å². The number of para-hydroxylation sites is 1. The Labute approximate surface area is 221 Å². The summed E-state index contributed by atoms with van der Waals surface area (Å²) in [5.41, 5.74) is 10.4. The Balaban J connectivity index is 0.000000443. The molecule has 200 valence electrons. The number of aromatic nitrogens is 3. The van der Waals surface area contributed by atoms with E-state index in [2.05, 4.69) is 69.3 Å². The number of nitrogens with two attached hydrogens (primary N) is 1. The molecule has 0 amide bonds. The largest absolute Gasteiger partial charge is 0.481 e. The molecule has 9 heteroatoms. The topological polar surface area (TPSA) is 141 Å². The molecule has 1 saturated heterocycles. The van der Waals surface area contributed by atoms with E-state index in [4.69, 9.17) is 30.3 Å². The van der Waals surface area contributed by atoms with Gasteiger partial charge in [-0.25, -0.2) is 4.98 Å². The van der Waals surface area contributed by atoms with E-state index in [1.807, 2.05) is 18.5 Å². The lowest BCUT2D eigenvalue weighted by molar-refractivity contribution is -0.135. The molecule has 0 aliphatic carbocycles. The molecule has 2 aromatic carbocycles. The highest BCUT2D eigenvalue weighted by atomic mass is 16.5. The molecular weight excluding hydrogens is 484 g/mol. The zero-order chi connectivity index (χ0) is 27.5. The predicted molar refractivity (Wildman–Crippen MR) is 146 cm³/mol. The highest BCUT2D eigenvalue weighted by molar-refractivity contribution is 5.81. The molecule has 2 atom stereocenters. The van der Waals surface area contributed by atoms with E-state index < -0.39 is 11.9 Å². The summed E-state index contributed by atoms with van der Waals surface area (Å²) in [6.07, 6.45) is 7.74. The van der Waals surface area contributed by atoms with Crippen LogP contribution in [0.4, 0.5) is 0 Å². The number of ether oxygens (including phenoxy) is 1. The van der Waals surface area contributed by atoms with Crippen LogP contribution in [0.2, 0.25) is 0 Å². The van der Waals surface area contributed by atoms with Crippen molar-refractivity contribution in [2.45, 2.75) is 32.7 Å². The van der Waals surface area contributed by atoms with Crippen molar-refractivity contribution in [3.05, 3.63) is 84.3 Å². The van der Waals surface area contributed by atoms with Crippen LogP contribution in [-0.4, -0.2) is 56.4 Å². The normalized spacial score (nSPS) is 16.2. The Morgan fingerprint density at radius 1 is 0.974 bits per heavy atom. The molecular formula is C29H34N4O5. The van der Waals surface area contributed by atoms with Gasteiger partial charge >= 0.3 is 0 Å². The number of hydrogen-bond donors (Lipinski definition) is 3. The van der Waals surface area contributed by atoms with Crippen molar-refractivity contribution in [3.63, 3.8) is 0 Å². The van der Waals surface area contributed by atoms with E-state index in [-0.39, 0.29) is 6.04 Å². The predicted octanol–water partition coefficient (Wildman–Crippen LogP) is 4.21. The van der Waals surface area contributed by atoms with Crippen molar-refractivity contribution < 1.29 is 24.5 Å². The number of aliphatic carboxylic acids is 2. The number of carboxylic acid groups (broad SMARTS) is 2. The average Bonchev–Trinajstić information content (AvgIpc) is 3.54. The Hall–Kier alpha value is -4.08. The molecule has 4 N–H and O–H groups in total. The minimum absolute atomic E-state index is 0.262. The molecule has 2 aromatic heterocycles. The van der Waals surface area contributed by atoms with Gasteiger partial charge in [0.15, 0.2) is 0 Å². The van der Waals surface area contributed by atoms with Crippen LogP contribution in [0, 0.1) is 5.92 Å². The maximum atomic E-state index is 9.00. The van der Waals surface area contributed by atoms with Gasteiger partial charge in [0.1, 0.15) is 5.82 Å². The van der Waals surface area contributed by atoms with Crippen LogP contribution in [-0.2, 0) is 27.2 Å². The number of fused-ring (bicyclic) bond motifs is 1. The highest BCUT2D eigenvalue weighted by Crippen LogP contribution is 2.34. The molecule has 0 spiro atoms. The third-order valence-corrected chi connectivity index (χ3v) is 6.06. The standard InChI is InChI=1S/C25H26N4O.2C2H4O2/c26-11-9-18-5-7-19(8-6-18)25-28-13-14-29(25)24-17-30-16-21(24)15-20-10-12-27-23-4-2-1-3-22(20)23;2*1-2(3)4/h1-8,10,12-14,21,24H,9,11,15-17,26H2;2*1H3,(H,3,4)/t21-,24-;;/m1../s1. The van der Waals surface area contributed by atoms with E-state index in [1.165, 1.54) is 16.5 Å². The summed E-state index contributed by atoms with van der Waals surface area (Å²) in [6, 6.07) is 19.3. The van der Waals surface area contributed by atoms with Crippen molar-refractivity contribution in [2.24, 2.45) is 11.7 Å². The number of carboxylic acids is 2. The zero-order valence-electron chi connectivity index (χ0n) is 21.7. The molecule has 0 radical (unpaired) electrons. The van der Waals surface area contributed by atoms with Crippen LogP contribution in [0.3, 0.4) is 0 Å². The van der Waals surface area contributed by atoms with Crippen LogP contribution in [0.15, 0.2) is 73.2 Å². The second kappa shape index (κ2) is 14.0. The number of carbonyl (C=O) groups is 2. The van der Waals surface area contributed by atoms with Gasteiger partial charge in [-0.1, -0.05) is 42.5 Å². The molecule has 1 aliphatic rings. The number of benzene rings is 2. The van der Waals surface area contributed by atoms with Gasteiger partial charge in [0.2, 0.25) is 0 Å². The molecule has 3 heterocycles. The monoisotopic (exact) mass is 518 g/mol. The summed E-state index contributed by atoms with van der Waals surface area (Å²) in [5.74, 6) is -0.283. The fraction of sp³-hybridized carbons (Fsp3) is 0.310. The van der Waals surface area contributed by atoms with Crippen LogP contribution < -0.4 is 5.73 Å². The Kier molecular flexibility index (Phi) is 10.5. The Morgan fingerprint density at radius 3 is 2.34 bits per heavy atom. The van der Waals surface area contributed by atoms with E-state index in [9.17, 15) is 0 Å². The SMILES string of the molecule is CC(=O)O.CC(=O)O.NCCc1ccc(-c2nccn2[C@@H]2COC[C@H]2Cc2ccnc3ccccc23)cc1. The third-order valence-electron chi connectivity index (χ3n) is 6.06. The second-order valence-electron chi connectivity index (χ2n) is 8.99. The maximum absolute atomic E-state index is 9.00. The molecule has 4 aromatic rings. The molecule has 1 fully saturated rings. The van der Waals surface area contributed by atoms with Gasteiger partial charge in [-0.05, 0) is 42.6 Å². The van der Waals surface area contributed by atoms with Gasteiger partial charge in [-0.15, -0.1) is 0 Å². The van der Waals surface area contributed by atoms with Gasteiger partial charge in [0, 0.05) is 49.3 Å². The van der Waals surface area contributed by atoms with Crippen molar-refractivity contribution in [1.29, 1.82) is 0 Å². The minimum Gasteiger partial charge on any atom is -0.481 e. The summed E-state index contributed by atoms with van der Waals surface area (Å²) in [7, 11) is 0. The first kappa shape index (κ1) is 28.5. The Morgan fingerprint density at radius 2 is 1.66 bits per heavy atom. The van der Waals surface area contributed by atoms with Gasteiger partial charge in [-0.3, -0.25) is 14.6 Å². The first-order chi connectivity index (χ1) is 18.3. The highest BCUT2D eigenvalue weighted by Gasteiger charge is 2.31. The van der Waals surface area contributed by atoms with Gasteiger partial charge in [0.05, 0.1) is 24.8 Å². The first-order valence-corrected chi connectivity index (χ1v) is 12.4. The van der Waals surface area contributed by atoms with E-state index in [0.29, 0.717) is 19.1 Å². The number of pyridine rings is 1. The minimum atomic E-state index is -0.833. The fourth-order valence-corrected chi connectivity index (χ4v) is 4.50. The fourth-order valence-electron chi connectivity index (χ4n) is 4.50. The Bertz CT molecular complexity index is 1310. The average molecular weight is 519 g/mol. The maximum Gasteiger partial charge on any atom is 0.300 e. The van der Waals surface area contributed by atoms with Gasteiger partial charge < -0.3 is 25.3 Å². The molecule has 1 aliphatic heterocycles. The lowest BCUT2D eigenvalue weighted by atomic mass is 9.92. The molecule has 0 bridgehead atoms. The summed E-state index contributed by atoms with van der Waals surface area (Å²) >= 11 is 0. The van der Waals surface area contributed by atoms with E-state index in [0.717, 1.165) is 50.2 Å². The number of imidazole rings is 1. The smallest absolute Gasteiger partial charge is 0.300 e. The summed E-state index contributed by atoms with van der Waals surface area (Å²) in [4.78, 5) is 27.2. The van der Waals surface area contributed by atoms with E-state index >= 15 is 0 Å². The van der Waals surface area contributed by atoms with Crippen LogP contribution >= 0.6 is 0 Å². The van der Waals surface area contributed by atoms with Crippen LogP contribution in [0.25, 0.3) is 22.3 Å². The quantitative estimate of drug-likeness (QED) is 0.345.